The Hall–Kier alpha value is -0.600. The maximum atomic E-state index is 12.3. The lowest BCUT2D eigenvalue weighted by Gasteiger charge is -2.14. The summed E-state index contributed by atoms with van der Waals surface area (Å²) in [5.74, 6) is 0.253. The van der Waals surface area contributed by atoms with E-state index in [2.05, 4.69) is 6.92 Å². The molecule has 0 heterocycles. The van der Waals surface area contributed by atoms with Gasteiger partial charge >= 0.3 is 5.97 Å². The second-order valence-corrected chi connectivity index (χ2v) is 6.46. The van der Waals surface area contributed by atoms with E-state index in [-0.39, 0.29) is 5.57 Å². The number of carboxylic acid groups (broad SMARTS) is 1. The van der Waals surface area contributed by atoms with Gasteiger partial charge in [0.1, 0.15) is 0 Å². The molecule has 0 fully saturated rings. The summed E-state index contributed by atoms with van der Waals surface area (Å²) in [6, 6.07) is 0. The van der Waals surface area contributed by atoms with Crippen molar-refractivity contribution in [2.24, 2.45) is 0 Å². The van der Waals surface area contributed by atoms with Crippen molar-refractivity contribution in [3.63, 3.8) is 0 Å². The van der Waals surface area contributed by atoms with Crippen LogP contribution in [0, 0.1) is 0 Å². The molecule has 0 bridgehead atoms. The van der Waals surface area contributed by atoms with Gasteiger partial charge in [0.05, 0.1) is 6.61 Å². The van der Waals surface area contributed by atoms with E-state index in [4.69, 9.17) is 9.63 Å². The molecule has 0 aliphatic heterocycles. The summed E-state index contributed by atoms with van der Waals surface area (Å²) >= 11 is 0. The zero-order valence-electron chi connectivity index (χ0n) is 10.9. The van der Waals surface area contributed by atoms with Gasteiger partial charge in [-0.15, -0.1) is 0 Å². The molecule has 0 aliphatic carbocycles. The van der Waals surface area contributed by atoms with Gasteiger partial charge in [-0.2, -0.15) is 0 Å². The maximum absolute atomic E-state index is 12.3. The molecule has 1 N–H and O–H groups in total. The Morgan fingerprint density at radius 3 is 2.41 bits per heavy atom. The van der Waals surface area contributed by atoms with Crippen molar-refractivity contribution in [1.29, 1.82) is 0 Å². The minimum absolute atomic E-state index is 0.0947. The lowest BCUT2D eigenvalue weighted by molar-refractivity contribution is -0.132. The van der Waals surface area contributed by atoms with Gasteiger partial charge in [0.15, 0.2) is 0 Å². The molecule has 0 aromatic heterocycles. The van der Waals surface area contributed by atoms with E-state index in [9.17, 15) is 9.36 Å². The Morgan fingerprint density at radius 2 is 1.94 bits per heavy atom. The van der Waals surface area contributed by atoms with Crippen molar-refractivity contribution in [3.8, 4) is 0 Å². The summed E-state index contributed by atoms with van der Waals surface area (Å²) in [4.78, 5) is 10.7. The van der Waals surface area contributed by atoms with Crippen LogP contribution in [0.25, 0.3) is 0 Å². The summed E-state index contributed by atoms with van der Waals surface area (Å²) in [6.07, 6.45) is 4.48. The first kappa shape index (κ1) is 16.4. The Labute approximate surface area is 104 Å². The van der Waals surface area contributed by atoms with Crippen molar-refractivity contribution >= 4 is 13.3 Å². The molecule has 0 saturated heterocycles. The number of unbranched alkanes of at least 4 members (excludes halogenated alkanes) is 3. The minimum Gasteiger partial charge on any atom is -0.478 e. The van der Waals surface area contributed by atoms with Crippen molar-refractivity contribution in [1.82, 2.24) is 0 Å². The molecule has 1 unspecified atom stereocenters. The quantitative estimate of drug-likeness (QED) is 0.389. The molecule has 0 aromatic carbocycles. The number of hydrogen-bond acceptors (Lipinski definition) is 3. The van der Waals surface area contributed by atoms with Gasteiger partial charge in [-0.1, -0.05) is 26.2 Å². The summed E-state index contributed by atoms with van der Waals surface area (Å²) in [7, 11) is -2.91. The maximum Gasteiger partial charge on any atom is 0.331 e. The number of hydrogen-bond donors (Lipinski definition) is 1. The molecule has 5 heteroatoms. The highest BCUT2D eigenvalue weighted by Crippen LogP contribution is 2.50. The molecule has 4 nitrogen and oxygen atoms in total. The standard InChI is InChI=1S/C12H23O4P/c1-4-6-7-8-9-17(15,16-5-2)10-11(3)12(13)14/h10H,4-9H2,1-3H3,(H,13,14). The van der Waals surface area contributed by atoms with Gasteiger partial charge in [0, 0.05) is 17.6 Å². The Morgan fingerprint density at radius 1 is 1.29 bits per heavy atom. The van der Waals surface area contributed by atoms with Crippen molar-refractivity contribution in [3.05, 3.63) is 11.4 Å². The lowest BCUT2D eigenvalue weighted by Crippen LogP contribution is -1.99. The number of rotatable bonds is 9. The van der Waals surface area contributed by atoms with Crippen LogP contribution in [0.4, 0.5) is 0 Å². The molecule has 0 rings (SSSR count). The molecular formula is C12H23O4P. The number of carbonyl (C=O) groups is 1. The first-order chi connectivity index (χ1) is 7.95. The highest BCUT2D eigenvalue weighted by atomic mass is 31.2. The zero-order chi connectivity index (χ0) is 13.3. The van der Waals surface area contributed by atoms with Crippen LogP contribution < -0.4 is 0 Å². The zero-order valence-corrected chi connectivity index (χ0v) is 11.8. The third kappa shape index (κ3) is 7.35. The van der Waals surface area contributed by atoms with Crippen LogP contribution in [-0.4, -0.2) is 23.8 Å². The molecule has 0 radical (unpaired) electrons. The highest BCUT2D eigenvalue weighted by Gasteiger charge is 2.20. The van der Waals surface area contributed by atoms with E-state index >= 15 is 0 Å². The van der Waals surface area contributed by atoms with Gasteiger partial charge in [-0.05, 0) is 20.3 Å². The third-order valence-corrected chi connectivity index (χ3v) is 4.81. The summed E-state index contributed by atoms with van der Waals surface area (Å²) in [5.41, 5.74) is 0.0947. The Balaban J connectivity index is 4.51. The normalized spacial score (nSPS) is 15.6. The van der Waals surface area contributed by atoms with Crippen LogP contribution >= 0.6 is 7.37 Å². The van der Waals surface area contributed by atoms with Crippen LogP contribution in [0.15, 0.2) is 11.4 Å². The van der Waals surface area contributed by atoms with Crippen LogP contribution in [0.3, 0.4) is 0 Å². The molecule has 0 spiro atoms. The molecular weight excluding hydrogens is 239 g/mol. The van der Waals surface area contributed by atoms with Gasteiger partial charge < -0.3 is 9.63 Å². The topological polar surface area (TPSA) is 63.6 Å². The van der Waals surface area contributed by atoms with E-state index in [1.54, 1.807) is 6.92 Å². The molecule has 0 saturated carbocycles. The van der Waals surface area contributed by atoms with Crippen molar-refractivity contribution < 1.29 is 19.0 Å². The highest BCUT2D eigenvalue weighted by molar-refractivity contribution is 7.62. The van der Waals surface area contributed by atoms with Crippen molar-refractivity contribution in [2.75, 3.05) is 12.8 Å². The van der Waals surface area contributed by atoms with Crippen LogP contribution in [0.5, 0.6) is 0 Å². The fourth-order valence-electron chi connectivity index (χ4n) is 1.49. The predicted molar refractivity (Wildman–Crippen MR) is 69.6 cm³/mol. The third-order valence-electron chi connectivity index (χ3n) is 2.40. The second kappa shape index (κ2) is 8.48. The first-order valence-electron chi connectivity index (χ1n) is 6.11. The molecule has 100 valence electrons. The molecule has 0 amide bonds. The van der Waals surface area contributed by atoms with E-state index in [1.807, 2.05) is 0 Å². The Bertz CT molecular complexity index is 310. The summed E-state index contributed by atoms with van der Waals surface area (Å²) in [5, 5.41) is 8.78. The van der Waals surface area contributed by atoms with Crippen LogP contribution in [0.1, 0.15) is 46.5 Å². The van der Waals surface area contributed by atoms with Crippen LogP contribution in [-0.2, 0) is 13.9 Å². The lowest BCUT2D eigenvalue weighted by atomic mass is 10.2. The molecule has 1 atom stereocenters. The average Bonchev–Trinajstić information content (AvgIpc) is 2.24. The SMILES string of the molecule is CCCCCCP(=O)(C=C(C)C(=O)O)OCC. The summed E-state index contributed by atoms with van der Waals surface area (Å²) in [6.45, 7) is 5.66. The second-order valence-electron chi connectivity index (χ2n) is 4.05. The van der Waals surface area contributed by atoms with E-state index in [0.717, 1.165) is 25.7 Å². The average molecular weight is 262 g/mol. The van der Waals surface area contributed by atoms with Gasteiger partial charge in [0.2, 0.25) is 7.37 Å². The van der Waals surface area contributed by atoms with E-state index in [0.29, 0.717) is 12.8 Å². The fraction of sp³-hybridized carbons (Fsp3) is 0.750. The first-order valence-corrected chi connectivity index (χ1v) is 7.99. The monoisotopic (exact) mass is 262 g/mol. The van der Waals surface area contributed by atoms with E-state index < -0.39 is 13.3 Å². The molecule has 0 aliphatic rings. The Kier molecular flexibility index (Phi) is 8.19. The number of carboxylic acids is 1. The molecule has 0 aromatic rings. The fourth-order valence-corrected chi connectivity index (χ4v) is 3.63. The van der Waals surface area contributed by atoms with Gasteiger partial charge in [-0.3, -0.25) is 4.57 Å². The largest absolute Gasteiger partial charge is 0.478 e. The summed E-state index contributed by atoms with van der Waals surface area (Å²) < 4.78 is 17.6. The smallest absolute Gasteiger partial charge is 0.331 e. The van der Waals surface area contributed by atoms with Gasteiger partial charge in [-0.25, -0.2) is 4.79 Å². The van der Waals surface area contributed by atoms with E-state index in [1.165, 1.54) is 12.7 Å². The number of aliphatic carboxylic acids is 1. The van der Waals surface area contributed by atoms with Gasteiger partial charge in [0.25, 0.3) is 0 Å². The minimum atomic E-state index is -2.91. The predicted octanol–water partition coefficient (Wildman–Crippen LogP) is 3.87. The molecule has 17 heavy (non-hydrogen) atoms. The van der Waals surface area contributed by atoms with Crippen molar-refractivity contribution in [2.45, 2.75) is 46.5 Å². The van der Waals surface area contributed by atoms with Crippen LogP contribution in [0.2, 0.25) is 0 Å².